The summed E-state index contributed by atoms with van der Waals surface area (Å²) in [4.78, 5) is 33.1. The number of aromatic nitrogens is 3. The van der Waals surface area contributed by atoms with E-state index in [9.17, 15) is 4.79 Å². The zero-order chi connectivity index (χ0) is 20.8. The fourth-order valence-electron chi connectivity index (χ4n) is 4.44. The van der Waals surface area contributed by atoms with E-state index in [1.165, 1.54) is 12.6 Å². The van der Waals surface area contributed by atoms with Crippen LogP contribution in [0.25, 0.3) is 0 Å². The van der Waals surface area contributed by atoms with Crippen LogP contribution in [-0.2, 0) is 17.9 Å². The van der Waals surface area contributed by atoms with Crippen LogP contribution >= 0.6 is 11.6 Å². The SMILES string of the molecule is Cc1nc2c(c(N3CCC3)n1)CN(C(=O)[C@@H]1CCN(c3ncc(C#N)cc3Cl)C1)C2. The van der Waals surface area contributed by atoms with Crippen molar-refractivity contribution in [2.45, 2.75) is 32.9 Å². The van der Waals surface area contributed by atoms with Gasteiger partial charge in [0.05, 0.1) is 35.3 Å². The molecule has 1 amide bonds. The number of fused-ring (bicyclic) bond motifs is 1. The lowest BCUT2D eigenvalue weighted by molar-refractivity contribution is -0.135. The van der Waals surface area contributed by atoms with Crippen LogP contribution in [0.4, 0.5) is 11.6 Å². The molecule has 0 bridgehead atoms. The first-order chi connectivity index (χ1) is 14.5. The molecule has 0 N–H and O–H groups in total. The first-order valence-corrected chi connectivity index (χ1v) is 10.6. The van der Waals surface area contributed by atoms with Crippen molar-refractivity contribution in [3.8, 4) is 6.07 Å². The second-order valence-electron chi connectivity index (χ2n) is 8.13. The molecular weight excluding hydrogens is 402 g/mol. The van der Waals surface area contributed by atoms with Gasteiger partial charge in [0.25, 0.3) is 0 Å². The van der Waals surface area contributed by atoms with E-state index in [4.69, 9.17) is 16.9 Å². The Morgan fingerprint density at radius 2 is 2.03 bits per heavy atom. The summed E-state index contributed by atoms with van der Waals surface area (Å²) in [5.41, 5.74) is 2.50. The lowest BCUT2D eigenvalue weighted by Crippen LogP contribution is -2.39. The lowest BCUT2D eigenvalue weighted by atomic mass is 10.1. The van der Waals surface area contributed by atoms with Crippen LogP contribution in [0.5, 0.6) is 0 Å². The Morgan fingerprint density at radius 1 is 1.20 bits per heavy atom. The monoisotopic (exact) mass is 423 g/mol. The van der Waals surface area contributed by atoms with Crippen molar-refractivity contribution in [3.05, 3.63) is 39.9 Å². The predicted octanol–water partition coefficient (Wildman–Crippen LogP) is 2.28. The fourth-order valence-corrected chi connectivity index (χ4v) is 4.73. The second kappa shape index (κ2) is 7.40. The summed E-state index contributed by atoms with van der Waals surface area (Å²) in [5.74, 6) is 2.44. The zero-order valence-corrected chi connectivity index (χ0v) is 17.6. The van der Waals surface area contributed by atoms with Crippen LogP contribution in [0.1, 0.15) is 35.5 Å². The topological polar surface area (TPSA) is 89.2 Å². The van der Waals surface area contributed by atoms with Crippen LogP contribution in [0.3, 0.4) is 0 Å². The van der Waals surface area contributed by atoms with Crippen molar-refractivity contribution in [1.29, 1.82) is 5.26 Å². The lowest BCUT2D eigenvalue weighted by Gasteiger charge is -2.33. The van der Waals surface area contributed by atoms with Gasteiger partial charge in [0.1, 0.15) is 23.5 Å². The van der Waals surface area contributed by atoms with Gasteiger partial charge in [-0.25, -0.2) is 15.0 Å². The third-order valence-electron chi connectivity index (χ3n) is 6.13. The van der Waals surface area contributed by atoms with Gasteiger partial charge >= 0.3 is 0 Å². The normalized spacial score (nSPS) is 20.2. The maximum absolute atomic E-state index is 13.3. The van der Waals surface area contributed by atoms with Gasteiger partial charge in [-0.2, -0.15) is 5.26 Å². The molecule has 154 valence electrons. The van der Waals surface area contributed by atoms with Gasteiger partial charge in [-0.1, -0.05) is 11.6 Å². The minimum absolute atomic E-state index is 0.102. The molecule has 5 heterocycles. The van der Waals surface area contributed by atoms with E-state index in [0.29, 0.717) is 42.6 Å². The molecule has 2 aromatic rings. The summed E-state index contributed by atoms with van der Waals surface area (Å²) < 4.78 is 0. The summed E-state index contributed by atoms with van der Waals surface area (Å²) >= 11 is 6.31. The van der Waals surface area contributed by atoms with Gasteiger partial charge in [-0.3, -0.25) is 4.79 Å². The highest BCUT2D eigenvalue weighted by Crippen LogP contribution is 2.34. The quantitative estimate of drug-likeness (QED) is 0.748. The Hall–Kier alpha value is -2.92. The second-order valence-corrected chi connectivity index (χ2v) is 8.53. The third-order valence-corrected chi connectivity index (χ3v) is 6.41. The summed E-state index contributed by atoms with van der Waals surface area (Å²) in [6.07, 6.45) is 3.46. The number of carbonyl (C=O) groups is 1. The van der Waals surface area contributed by atoms with E-state index in [1.807, 2.05) is 22.8 Å². The van der Waals surface area contributed by atoms with Crippen molar-refractivity contribution in [3.63, 3.8) is 0 Å². The summed E-state index contributed by atoms with van der Waals surface area (Å²) in [7, 11) is 0. The van der Waals surface area contributed by atoms with Crippen LogP contribution in [0.15, 0.2) is 12.3 Å². The number of hydrogen-bond donors (Lipinski definition) is 0. The molecule has 3 aliphatic heterocycles. The van der Waals surface area contributed by atoms with E-state index < -0.39 is 0 Å². The molecule has 5 rings (SSSR count). The largest absolute Gasteiger partial charge is 0.356 e. The maximum Gasteiger partial charge on any atom is 0.228 e. The number of anilines is 2. The van der Waals surface area contributed by atoms with Crippen LogP contribution in [0.2, 0.25) is 5.02 Å². The Labute approximate surface area is 180 Å². The predicted molar refractivity (Wildman–Crippen MR) is 112 cm³/mol. The van der Waals surface area contributed by atoms with E-state index in [0.717, 1.165) is 42.4 Å². The molecule has 0 aromatic carbocycles. The maximum atomic E-state index is 13.3. The highest BCUT2D eigenvalue weighted by Gasteiger charge is 2.37. The van der Waals surface area contributed by atoms with Crippen molar-refractivity contribution in [2.24, 2.45) is 5.92 Å². The molecule has 2 fully saturated rings. The summed E-state index contributed by atoms with van der Waals surface area (Å²) in [5, 5.41) is 9.44. The number of nitriles is 1. The van der Waals surface area contributed by atoms with E-state index >= 15 is 0 Å². The first-order valence-electron chi connectivity index (χ1n) is 10.2. The van der Waals surface area contributed by atoms with Crippen molar-refractivity contribution in [2.75, 3.05) is 36.0 Å². The number of amides is 1. The summed E-state index contributed by atoms with van der Waals surface area (Å²) in [6.45, 7) is 6.37. The molecule has 30 heavy (non-hydrogen) atoms. The van der Waals surface area contributed by atoms with Gasteiger partial charge < -0.3 is 14.7 Å². The molecule has 2 saturated heterocycles. The molecule has 0 unspecified atom stereocenters. The molecule has 8 nitrogen and oxygen atoms in total. The average molecular weight is 424 g/mol. The smallest absolute Gasteiger partial charge is 0.228 e. The molecular formula is C21H22ClN7O. The number of aryl methyl sites for hydroxylation is 1. The molecule has 3 aliphatic rings. The van der Waals surface area contributed by atoms with Crippen molar-refractivity contribution < 1.29 is 4.79 Å². The number of hydrogen-bond acceptors (Lipinski definition) is 7. The van der Waals surface area contributed by atoms with Crippen LogP contribution < -0.4 is 9.80 Å². The molecule has 0 spiro atoms. The number of rotatable bonds is 3. The third kappa shape index (κ3) is 3.23. The van der Waals surface area contributed by atoms with Crippen LogP contribution in [0, 0.1) is 24.2 Å². The highest BCUT2D eigenvalue weighted by molar-refractivity contribution is 6.33. The Kier molecular flexibility index (Phi) is 4.70. The molecule has 2 aromatic heterocycles. The molecule has 0 saturated carbocycles. The van der Waals surface area contributed by atoms with Crippen molar-refractivity contribution >= 4 is 29.1 Å². The Morgan fingerprint density at radius 3 is 2.73 bits per heavy atom. The van der Waals surface area contributed by atoms with Gasteiger partial charge in [0, 0.05) is 37.9 Å². The van der Waals surface area contributed by atoms with Gasteiger partial charge in [-0.05, 0) is 25.8 Å². The average Bonchev–Trinajstić information content (AvgIpc) is 3.33. The zero-order valence-electron chi connectivity index (χ0n) is 16.8. The fraction of sp³-hybridized carbons (Fsp3) is 0.476. The number of pyridine rings is 1. The Balaban J connectivity index is 1.30. The number of nitrogens with zero attached hydrogens (tertiary/aromatic N) is 7. The van der Waals surface area contributed by atoms with Gasteiger partial charge in [-0.15, -0.1) is 0 Å². The minimum Gasteiger partial charge on any atom is -0.356 e. The standard InChI is InChI=1S/C21H22ClN7O/c1-13-25-18-12-29(11-16(18)19(26-13)27-4-2-5-27)21(30)15-3-6-28(10-15)20-17(22)7-14(8-23)9-24-20/h7,9,15H,2-6,10-12H2,1H3/t15-/m1/s1. The molecule has 9 heteroatoms. The van der Waals surface area contributed by atoms with Crippen LogP contribution in [-0.4, -0.2) is 51.9 Å². The van der Waals surface area contributed by atoms with Crippen molar-refractivity contribution in [1.82, 2.24) is 19.9 Å². The van der Waals surface area contributed by atoms with E-state index in [1.54, 1.807) is 6.07 Å². The highest BCUT2D eigenvalue weighted by atomic mass is 35.5. The molecule has 0 radical (unpaired) electrons. The minimum atomic E-state index is -0.102. The number of carbonyl (C=O) groups excluding carboxylic acids is 1. The van der Waals surface area contributed by atoms with Gasteiger partial charge in [0.2, 0.25) is 5.91 Å². The van der Waals surface area contributed by atoms with E-state index in [-0.39, 0.29) is 11.8 Å². The molecule has 1 atom stereocenters. The molecule has 0 aliphatic carbocycles. The Bertz CT molecular complexity index is 1060. The number of halogens is 1. The van der Waals surface area contributed by atoms with E-state index in [2.05, 4.69) is 19.9 Å². The van der Waals surface area contributed by atoms with Gasteiger partial charge in [0.15, 0.2) is 0 Å². The summed E-state index contributed by atoms with van der Waals surface area (Å²) in [6, 6.07) is 3.66. The first kappa shape index (κ1) is 19.1.